The Morgan fingerprint density at radius 2 is 2.28 bits per heavy atom. The van der Waals surface area contributed by atoms with Gasteiger partial charge in [-0.25, -0.2) is 0 Å². The van der Waals surface area contributed by atoms with Gasteiger partial charge in [0.05, 0.1) is 13.7 Å². The van der Waals surface area contributed by atoms with Gasteiger partial charge in [-0.05, 0) is 19.1 Å². The molecule has 18 heavy (non-hydrogen) atoms. The molecule has 1 rings (SSSR count). The molecule has 0 saturated heterocycles. The Labute approximate surface area is 107 Å². The van der Waals surface area contributed by atoms with Gasteiger partial charge in [-0.15, -0.1) is 0 Å². The topological polar surface area (TPSA) is 70.6 Å². The first-order chi connectivity index (χ1) is 8.65. The number of amides is 1. The minimum absolute atomic E-state index is 0.0303. The van der Waals surface area contributed by atoms with Crippen LogP contribution in [0.2, 0.25) is 0 Å². The van der Waals surface area contributed by atoms with Crippen molar-refractivity contribution in [2.24, 2.45) is 0 Å². The first kappa shape index (κ1) is 14.5. The van der Waals surface area contributed by atoms with Gasteiger partial charge >= 0.3 is 0 Å². The average molecular weight is 252 g/mol. The maximum absolute atomic E-state index is 11.7. The van der Waals surface area contributed by atoms with Gasteiger partial charge in [0, 0.05) is 30.8 Å². The molecule has 0 aliphatic carbocycles. The Morgan fingerprint density at radius 1 is 1.50 bits per heavy atom. The lowest BCUT2D eigenvalue weighted by atomic mass is 10.2. The van der Waals surface area contributed by atoms with Crippen LogP contribution in [0.3, 0.4) is 0 Å². The summed E-state index contributed by atoms with van der Waals surface area (Å²) in [7, 11) is 1.59. The van der Waals surface area contributed by atoms with E-state index in [0.29, 0.717) is 24.4 Å². The van der Waals surface area contributed by atoms with E-state index in [9.17, 15) is 4.79 Å². The third-order valence-corrected chi connectivity index (χ3v) is 2.45. The monoisotopic (exact) mass is 252 g/mol. The summed E-state index contributed by atoms with van der Waals surface area (Å²) in [5.74, 6) is 0.639. The fourth-order valence-electron chi connectivity index (χ4n) is 1.57. The number of carbonyl (C=O) groups excluding carboxylic acids is 1. The molecule has 1 aromatic rings. The Balaban J connectivity index is 2.43. The van der Waals surface area contributed by atoms with Crippen LogP contribution in [0.5, 0.6) is 5.75 Å². The van der Waals surface area contributed by atoms with Crippen LogP contribution in [0.25, 0.3) is 0 Å². The van der Waals surface area contributed by atoms with Crippen LogP contribution < -0.4 is 15.4 Å². The van der Waals surface area contributed by atoms with Crippen LogP contribution in [0.1, 0.15) is 13.3 Å². The predicted octanol–water partition coefficient (Wildman–Crippen LogP) is 0.994. The minimum atomic E-state index is -0.0683. The van der Waals surface area contributed by atoms with Gasteiger partial charge in [-0.2, -0.15) is 0 Å². The molecule has 1 atom stereocenters. The van der Waals surface area contributed by atoms with Gasteiger partial charge in [0.25, 0.3) is 0 Å². The van der Waals surface area contributed by atoms with Crippen LogP contribution in [-0.4, -0.2) is 37.3 Å². The summed E-state index contributed by atoms with van der Waals surface area (Å²) in [5.41, 5.74) is 0.716. The molecule has 0 radical (unpaired) electrons. The second-order valence-corrected chi connectivity index (χ2v) is 4.06. The Bertz CT molecular complexity index is 382. The molecule has 3 N–H and O–H groups in total. The smallest absolute Gasteiger partial charge is 0.225 e. The molecule has 0 aliphatic rings. The second-order valence-electron chi connectivity index (χ2n) is 4.06. The van der Waals surface area contributed by atoms with Gasteiger partial charge in [0.15, 0.2) is 0 Å². The molecular formula is C13H20N2O3. The molecule has 0 saturated carbocycles. The number of nitrogens with one attached hydrogen (secondary N) is 2. The first-order valence-corrected chi connectivity index (χ1v) is 5.94. The van der Waals surface area contributed by atoms with Gasteiger partial charge in [0.2, 0.25) is 5.91 Å². The number of anilines is 1. The SMILES string of the molecule is COc1cccc(NC(=O)CC(C)NCCO)c1. The summed E-state index contributed by atoms with van der Waals surface area (Å²) < 4.78 is 5.08. The maximum atomic E-state index is 11.7. The summed E-state index contributed by atoms with van der Waals surface area (Å²) in [6, 6.07) is 7.25. The van der Waals surface area contributed by atoms with E-state index in [1.54, 1.807) is 13.2 Å². The Morgan fingerprint density at radius 3 is 2.94 bits per heavy atom. The van der Waals surface area contributed by atoms with Crippen molar-refractivity contribution in [3.8, 4) is 5.75 Å². The van der Waals surface area contributed by atoms with Crippen LogP contribution in [0.15, 0.2) is 24.3 Å². The lowest BCUT2D eigenvalue weighted by molar-refractivity contribution is -0.116. The number of rotatable bonds is 7. The van der Waals surface area contributed by atoms with Crippen LogP contribution in [0, 0.1) is 0 Å². The minimum Gasteiger partial charge on any atom is -0.497 e. The van der Waals surface area contributed by atoms with Gasteiger partial charge < -0.3 is 20.5 Å². The molecule has 5 heteroatoms. The van der Waals surface area contributed by atoms with E-state index in [2.05, 4.69) is 10.6 Å². The highest BCUT2D eigenvalue weighted by Gasteiger charge is 2.08. The molecule has 0 aromatic heterocycles. The van der Waals surface area contributed by atoms with Crippen molar-refractivity contribution in [3.63, 3.8) is 0 Å². The van der Waals surface area contributed by atoms with Crippen molar-refractivity contribution in [3.05, 3.63) is 24.3 Å². The molecule has 1 amide bonds. The highest BCUT2D eigenvalue weighted by atomic mass is 16.5. The number of aliphatic hydroxyl groups excluding tert-OH is 1. The summed E-state index contributed by atoms with van der Waals surface area (Å²) in [6.07, 6.45) is 0.358. The zero-order valence-electron chi connectivity index (χ0n) is 10.8. The highest BCUT2D eigenvalue weighted by molar-refractivity contribution is 5.91. The third kappa shape index (κ3) is 5.16. The Hall–Kier alpha value is -1.59. The van der Waals surface area contributed by atoms with Crippen molar-refractivity contribution < 1.29 is 14.6 Å². The number of benzene rings is 1. The second kappa shape index (κ2) is 7.68. The lowest BCUT2D eigenvalue weighted by Crippen LogP contribution is -2.32. The number of hydrogen-bond acceptors (Lipinski definition) is 4. The fraction of sp³-hybridized carbons (Fsp3) is 0.462. The quantitative estimate of drug-likeness (QED) is 0.677. The molecular weight excluding hydrogens is 232 g/mol. The molecule has 100 valence electrons. The average Bonchev–Trinajstić information content (AvgIpc) is 2.36. The predicted molar refractivity (Wildman–Crippen MR) is 70.8 cm³/mol. The van der Waals surface area contributed by atoms with Gasteiger partial charge in [-0.3, -0.25) is 4.79 Å². The molecule has 0 spiro atoms. The van der Waals surface area contributed by atoms with Crippen LogP contribution >= 0.6 is 0 Å². The number of ether oxygens (including phenoxy) is 1. The third-order valence-electron chi connectivity index (χ3n) is 2.45. The van der Waals surface area contributed by atoms with Crippen molar-refractivity contribution in [1.82, 2.24) is 5.32 Å². The molecule has 5 nitrogen and oxygen atoms in total. The summed E-state index contributed by atoms with van der Waals surface area (Å²) in [6.45, 7) is 2.47. The van der Waals surface area contributed by atoms with Crippen molar-refractivity contribution in [2.75, 3.05) is 25.6 Å². The van der Waals surface area contributed by atoms with Crippen molar-refractivity contribution >= 4 is 11.6 Å². The zero-order chi connectivity index (χ0) is 13.4. The van der Waals surface area contributed by atoms with E-state index in [1.165, 1.54) is 0 Å². The summed E-state index contributed by atoms with van der Waals surface area (Å²) in [4.78, 5) is 11.7. The summed E-state index contributed by atoms with van der Waals surface area (Å²) >= 11 is 0. The van der Waals surface area contributed by atoms with E-state index in [1.807, 2.05) is 25.1 Å². The fourth-order valence-corrected chi connectivity index (χ4v) is 1.57. The van der Waals surface area contributed by atoms with E-state index in [4.69, 9.17) is 9.84 Å². The standard InChI is InChI=1S/C13H20N2O3/c1-10(14-6-7-16)8-13(17)15-11-4-3-5-12(9-11)18-2/h3-5,9-10,14,16H,6-8H2,1-2H3,(H,15,17). The molecule has 0 heterocycles. The van der Waals surface area contributed by atoms with Crippen molar-refractivity contribution in [2.45, 2.75) is 19.4 Å². The molecule has 0 fully saturated rings. The maximum Gasteiger partial charge on any atom is 0.225 e. The molecule has 1 unspecified atom stereocenters. The van der Waals surface area contributed by atoms with E-state index in [-0.39, 0.29) is 18.6 Å². The Kier molecular flexibility index (Phi) is 6.18. The van der Waals surface area contributed by atoms with E-state index >= 15 is 0 Å². The molecule has 0 bridgehead atoms. The number of methoxy groups -OCH3 is 1. The number of carbonyl (C=O) groups is 1. The van der Waals surface area contributed by atoms with Crippen LogP contribution in [-0.2, 0) is 4.79 Å². The molecule has 1 aromatic carbocycles. The summed E-state index contributed by atoms with van der Waals surface area (Å²) in [5, 5.41) is 14.5. The normalized spacial score (nSPS) is 11.9. The van der Waals surface area contributed by atoms with Crippen molar-refractivity contribution in [1.29, 1.82) is 0 Å². The molecule has 0 aliphatic heterocycles. The number of aliphatic hydroxyl groups is 1. The van der Waals surface area contributed by atoms with Crippen LogP contribution in [0.4, 0.5) is 5.69 Å². The first-order valence-electron chi connectivity index (χ1n) is 5.94. The van der Waals surface area contributed by atoms with E-state index < -0.39 is 0 Å². The lowest BCUT2D eigenvalue weighted by Gasteiger charge is -2.13. The largest absolute Gasteiger partial charge is 0.497 e. The van der Waals surface area contributed by atoms with Gasteiger partial charge in [0.1, 0.15) is 5.75 Å². The van der Waals surface area contributed by atoms with E-state index in [0.717, 1.165) is 0 Å². The zero-order valence-corrected chi connectivity index (χ0v) is 10.8. The number of hydrogen-bond donors (Lipinski definition) is 3. The highest BCUT2D eigenvalue weighted by Crippen LogP contribution is 2.16. The van der Waals surface area contributed by atoms with Gasteiger partial charge in [-0.1, -0.05) is 6.07 Å².